The molecule has 0 spiro atoms. The fraction of sp³-hybridized carbons (Fsp3) is 0.148. The van der Waals surface area contributed by atoms with Crippen LogP contribution in [-0.2, 0) is 10.8 Å². The van der Waals surface area contributed by atoms with E-state index in [0.29, 0.717) is 0 Å². The molecule has 0 N–H and O–H groups in total. The average molecular weight is 721 g/mol. The van der Waals surface area contributed by atoms with Crippen LogP contribution in [0.4, 0.5) is 0 Å². The highest BCUT2D eigenvalue weighted by Crippen LogP contribution is 2.50. The molecule has 0 unspecified atom stereocenters. The molecule has 0 amide bonds. The maximum absolute atomic E-state index is 2.58. The lowest BCUT2D eigenvalue weighted by Crippen LogP contribution is -2.33. The van der Waals surface area contributed by atoms with Crippen LogP contribution in [0, 0.1) is 0 Å². The molecule has 270 valence electrons. The van der Waals surface area contributed by atoms with Crippen molar-refractivity contribution < 1.29 is 0 Å². The lowest BCUT2D eigenvalue weighted by molar-refractivity contribution is 0.332. The van der Waals surface area contributed by atoms with Crippen molar-refractivity contribution in [2.45, 2.75) is 51.4 Å². The van der Waals surface area contributed by atoms with Gasteiger partial charge in [0.2, 0.25) is 0 Å². The van der Waals surface area contributed by atoms with Crippen LogP contribution in [0.25, 0.3) is 88.0 Å². The number of rotatable bonds is 4. The van der Waals surface area contributed by atoms with Gasteiger partial charge in [0.1, 0.15) is 0 Å². The highest BCUT2D eigenvalue weighted by atomic mass is 15.0. The van der Waals surface area contributed by atoms with E-state index in [9.17, 15) is 0 Å². The third kappa shape index (κ3) is 4.88. The van der Waals surface area contributed by atoms with Crippen LogP contribution in [0.3, 0.4) is 0 Å². The average Bonchev–Trinajstić information content (AvgIpc) is 3.75. The van der Waals surface area contributed by atoms with Crippen molar-refractivity contribution in [1.29, 1.82) is 0 Å². The zero-order valence-electron chi connectivity index (χ0n) is 32.5. The molecule has 1 aliphatic rings. The van der Waals surface area contributed by atoms with Gasteiger partial charge in [-0.15, -0.1) is 0 Å². The van der Waals surface area contributed by atoms with E-state index >= 15 is 0 Å². The Hall–Kier alpha value is -6.38. The van der Waals surface area contributed by atoms with Crippen LogP contribution in [0.15, 0.2) is 170 Å². The summed E-state index contributed by atoms with van der Waals surface area (Å²) in [7, 11) is 0. The SMILES string of the molecule is CC1(C)CCC(C)(C)c2cc3c(cc21)c1c2c4c5ccccc5ccc4n(-c4ccc(-c5cccc(-c6ccccc6)c5)cc4)c2ccc1n3-c1ccccc1. The molecule has 8 aromatic carbocycles. The van der Waals surface area contributed by atoms with Crippen molar-refractivity contribution in [2.24, 2.45) is 0 Å². The standard InChI is InChI=1S/C54H44N2/c1-53(2)30-31-54(3,4)45-34-49-43(33-44(45)53)51-47(56(49)40-19-9-6-10-20-40)28-29-48-52(51)50-42-21-12-11-16-37(42)24-27-46(50)55(48)41-25-22-36(23-26-41)39-18-13-17-38(32-39)35-14-7-5-8-15-35/h5-29,32-34H,30-31H2,1-4H3. The molecule has 10 aromatic rings. The van der Waals surface area contributed by atoms with Gasteiger partial charge in [-0.1, -0.05) is 137 Å². The summed E-state index contributed by atoms with van der Waals surface area (Å²) in [6.45, 7) is 9.76. The van der Waals surface area contributed by atoms with E-state index in [1.807, 2.05) is 0 Å². The molecule has 0 atom stereocenters. The summed E-state index contributed by atoms with van der Waals surface area (Å²) < 4.78 is 5.02. The molecule has 0 fully saturated rings. The van der Waals surface area contributed by atoms with Gasteiger partial charge in [-0.2, -0.15) is 0 Å². The molecule has 0 saturated carbocycles. The zero-order valence-corrected chi connectivity index (χ0v) is 32.5. The maximum atomic E-state index is 2.58. The van der Waals surface area contributed by atoms with Gasteiger partial charge < -0.3 is 9.13 Å². The molecule has 11 rings (SSSR count). The number of nitrogens with zero attached hydrogens (tertiary/aromatic N) is 2. The predicted octanol–water partition coefficient (Wildman–Crippen LogP) is 14.7. The second kappa shape index (κ2) is 12.1. The fourth-order valence-electron chi connectivity index (χ4n) is 9.88. The summed E-state index contributed by atoms with van der Waals surface area (Å²) in [6, 6.07) is 63.1. The van der Waals surface area contributed by atoms with E-state index in [0.717, 1.165) is 5.69 Å². The molecule has 56 heavy (non-hydrogen) atoms. The Bertz CT molecular complexity index is 3160. The number of hydrogen-bond donors (Lipinski definition) is 0. The first kappa shape index (κ1) is 33.0. The molecule has 0 bridgehead atoms. The fourth-order valence-corrected chi connectivity index (χ4v) is 9.88. The second-order valence-corrected chi connectivity index (χ2v) is 17.2. The van der Waals surface area contributed by atoms with Crippen molar-refractivity contribution in [3.05, 3.63) is 181 Å². The summed E-state index contributed by atoms with van der Waals surface area (Å²) in [5.41, 5.74) is 15.4. The van der Waals surface area contributed by atoms with Gasteiger partial charge in [-0.25, -0.2) is 0 Å². The minimum absolute atomic E-state index is 0.0944. The molecule has 1 aliphatic carbocycles. The quantitative estimate of drug-likeness (QED) is 0.171. The third-order valence-corrected chi connectivity index (χ3v) is 13.0. The van der Waals surface area contributed by atoms with Crippen LogP contribution in [-0.4, -0.2) is 9.13 Å². The van der Waals surface area contributed by atoms with E-state index in [1.54, 1.807) is 0 Å². The van der Waals surface area contributed by atoms with Crippen LogP contribution in [0.2, 0.25) is 0 Å². The van der Waals surface area contributed by atoms with Gasteiger partial charge in [0.25, 0.3) is 0 Å². The summed E-state index contributed by atoms with van der Waals surface area (Å²) in [5, 5.41) is 7.85. The Kier molecular flexibility index (Phi) is 7.11. The first-order valence-electron chi connectivity index (χ1n) is 20.1. The number of hydrogen-bond acceptors (Lipinski definition) is 0. The Morgan fingerprint density at radius 2 is 0.857 bits per heavy atom. The summed E-state index contributed by atoms with van der Waals surface area (Å²) in [6.07, 6.45) is 2.37. The van der Waals surface area contributed by atoms with E-state index < -0.39 is 0 Å². The third-order valence-electron chi connectivity index (χ3n) is 13.0. The number of fused-ring (bicyclic) bond motifs is 10. The van der Waals surface area contributed by atoms with Crippen molar-refractivity contribution in [3.8, 4) is 33.6 Å². The Labute approximate surface area is 328 Å². The Morgan fingerprint density at radius 1 is 0.357 bits per heavy atom. The maximum Gasteiger partial charge on any atom is 0.0549 e. The highest BCUT2D eigenvalue weighted by molar-refractivity contribution is 6.33. The van der Waals surface area contributed by atoms with Crippen LogP contribution in [0.1, 0.15) is 51.7 Å². The first-order chi connectivity index (χ1) is 27.3. The lowest BCUT2D eigenvalue weighted by atomic mass is 9.63. The minimum Gasteiger partial charge on any atom is -0.309 e. The van der Waals surface area contributed by atoms with Gasteiger partial charge in [-0.05, 0) is 128 Å². The van der Waals surface area contributed by atoms with E-state index in [2.05, 4.69) is 207 Å². The van der Waals surface area contributed by atoms with Gasteiger partial charge in [0, 0.05) is 32.9 Å². The minimum atomic E-state index is 0.0944. The van der Waals surface area contributed by atoms with Gasteiger partial charge >= 0.3 is 0 Å². The summed E-state index contributed by atoms with van der Waals surface area (Å²) in [4.78, 5) is 0. The summed E-state index contributed by atoms with van der Waals surface area (Å²) >= 11 is 0. The van der Waals surface area contributed by atoms with Crippen LogP contribution < -0.4 is 0 Å². The van der Waals surface area contributed by atoms with E-state index in [-0.39, 0.29) is 10.8 Å². The molecule has 2 nitrogen and oxygen atoms in total. The van der Waals surface area contributed by atoms with E-state index in [1.165, 1.54) is 106 Å². The normalized spacial score (nSPS) is 14.9. The number of aromatic nitrogens is 2. The van der Waals surface area contributed by atoms with Crippen molar-refractivity contribution in [1.82, 2.24) is 9.13 Å². The van der Waals surface area contributed by atoms with Crippen molar-refractivity contribution >= 4 is 54.4 Å². The molecule has 0 radical (unpaired) electrons. The van der Waals surface area contributed by atoms with Gasteiger partial charge in [0.15, 0.2) is 0 Å². The Balaban J connectivity index is 1.22. The molecule has 0 saturated heterocycles. The first-order valence-corrected chi connectivity index (χ1v) is 20.1. The van der Waals surface area contributed by atoms with Crippen LogP contribution in [0.5, 0.6) is 0 Å². The number of para-hydroxylation sites is 1. The smallest absolute Gasteiger partial charge is 0.0549 e. The molecular formula is C54H44N2. The summed E-state index contributed by atoms with van der Waals surface area (Å²) in [5.74, 6) is 0. The Morgan fingerprint density at radius 3 is 1.55 bits per heavy atom. The topological polar surface area (TPSA) is 9.86 Å². The molecular weight excluding hydrogens is 677 g/mol. The van der Waals surface area contributed by atoms with Crippen molar-refractivity contribution in [2.75, 3.05) is 0 Å². The molecule has 2 heteroatoms. The highest BCUT2D eigenvalue weighted by Gasteiger charge is 2.38. The number of benzene rings is 8. The second-order valence-electron chi connectivity index (χ2n) is 17.2. The zero-order chi connectivity index (χ0) is 37.8. The van der Waals surface area contributed by atoms with E-state index in [4.69, 9.17) is 0 Å². The monoisotopic (exact) mass is 720 g/mol. The van der Waals surface area contributed by atoms with Gasteiger partial charge in [-0.3, -0.25) is 0 Å². The van der Waals surface area contributed by atoms with Crippen LogP contribution >= 0.6 is 0 Å². The van der Waals surface area contributed by atoms with Gasteiger partial charge in [0.05, 0.1) is 22.1 Å². The van der Waals surface area contributed by atoms with Crippen molar-refractivity contribution in [3.63, 3.8) is 0 Å². The molecule has 2 heterocycles. The largest absolute Gasteiger partial charge is 0.309 e. The molecule has 0 aliphatic heterocycles. The predicted molar refractivity (Wildman–Crippen MR) is 239 cm³/mol. The molecule has 2 aromatic heterocycles. The lowest BCUT2D eigenvalue weighted by Gasteiger charge is -2.42.